The van der Waals surface area contributed by atoms with Gasteiger partial charge in [-0.3, -0.25) is 4.98 Å². The van der Waals surface area contributed by atoms with E-state index in [1.807, 2.05) is 30.6 Å². The molecule has 2 N–H and O–H groups in total. The first kappa shape index (κ1) is 12.4. The molecule has 0 atom stereocenters. The molecule has 5 heteroatoms. The fourth-order valence-corrected chi connectivity index (χ4v) is 3.86. The fraction of sp³-hybridized carbons (Fsp3) is 0.143. The van der Waals surface area contributed by atoms with Crippen LogP contribution in [0.2, 0.25) is 0 Å². The van der Waals surface area contributed by atoms with Gasteiger partial charge in [-0.1, -0.05) is 17.8 Å². The maximum Gasteiger partial charge on any atom is 0.151 e. The molecule has 0 fully saturated rings. The van der Waals surface area contributed by atoms with E-state index in [2.05, 4.69) is 23.0 Å². The van der Waals surface area contributed by atoms with Crippen LogP contribution in [0.4, 0.5) is 5.69 Å². The average molecular weight is 287 g/mol. The number of thiazole rings is 1. The van der Waals surface area contributed by atoms with E-state index in [0.29, 0.717) is 0 Å². The number of nitrogens with zero attached hydrogens (tertiary/aromatic N) is 2. The van der Waals surface area contributed by atoms with Gasteiger partial charge in [0.05, 0.1) is 10.2 Å². The van der Waals surface area contributed by atoms with Gasteiger partial charge in [0.1, 0.15) is 0 Å². The molecule has 1 aromatic carbocycles. The van der Waals surface area contributed by atoms with Gasteiger partial charge >= 0.3 is 0 Å². The van der Waals surface area contributed by atoms with E-state index in [9.17, 15) is 0 Å². The first-order valence-corrected chi connectivity index (χ1v) is 7.70. The lowest BCUT2D eigenvalue weighted by molar-refractivity contribution is 1.20. The van der Waals surface area contributed by atoms with Gasteiger partial charge in [0, 0.05) is 23.8 Å². The summed E-state index contributed by atoms with van der Waals surface area (Å²) in [6, 6.07) is 8.00. The second-order valence-electron chi connectivity index (χ2n) is 4.37. The van der Waals surface area contributed by atoms with Crippen LogP contribution in [0.25, 0.3) is 10.2 Å². The van der Waals surface area contributed by atoms with Crippen LogP contribution in [0.1, 0.15) is 11.1 Å². The summed E-state index contributed by atoms with van der Waals surface area (Å²) in [5, 5.41) is 0. The van der Waals surface area contributed by atoms with E-state index in [0.717, 1.165) is 26.0 Å². The highest BCUT2D eigenvalue weighted by molar-refractivity contribution is 8.00. The zero-order valence-corrected chi connectivity index (χ0v) is 12.1. The number of aryl methyl sites for hydroxylation is 1. The molecule has 3 rings (SSSR count). The summed E-state index contributed by atoms with van der Waals surface area (Å²) in [4.78, 5) is 8.80. The minimum absolute atomic E-state index is 0.788. The van der Waals surface area contributed by atoms with E-state index in [4.69, 9.17) is 5.73 Å². The van der Waals surface area contributed by atoms with Gasteiger partial charge in [0.15, 0.2) is 4.34 Å². The number of aromatic nitrogens is 2. The molecule has 2 aromatic heterocycles. The van der Waals surface area contributed by atoms with E-state index in [1.54, 1.807) is 23.1 Å². The molecule has 3 aromatic rings. The third-order valence-electron chi connectivity index (χ3n) is 2.69. The van der Waals surface area contributed by atoms with Crippen molar-refractivity contribution in [2.24, 2.45) is 0 Å². The molecule has 0 spiro atoms. The summed E-state index contributed by atoms with van der Waals surface area (Å²) in [5.41, 5.74) is 10.00. The molecule has 0 aliphatic rings. The number of rotatable bonds is 3. The molecule has 96 valence electrons. The quantitative estimate of drug-likeness (QED) is 0.587. The first-order valence-electron chi connectivity index (χ1n) is 5.90. The standard InChI is InChI=1S/C14H13N3S2/c1-9-4-10(7-16-6-9)8-18-14-17-12-3-2-11(15)5-13(12)19-14/h2-7H,8,15H2,1H3. The molecular weight excluding hydrogens is 274 g/mol. The van der Waals surface area contributed by atoms with Crippen molar-refractivity contribution in [2.75, 3.05) is 5.73 Å². The Hall–Kier alpha value is -1.59. The van der Waals surface area contributed by atoms with E-state index < -0.39 is 0 Å². The normalized spacial score (nSPS) is 11.0. The molecule has 0 radical (unpaired) electrons. The monoisotopic (exact) mass is 287 g/mol. The SMILES string of the molecule is Cc1cncc(CSc2nc3ccc(N)cc3s2)c1. The number of thioether (sulfide) groups is 1. The second kappa shape index (κ2) is 5.19. The summed E-state index contributed by atoms with van der Waals surface area (Å²) in [5.74, 6) is 0.893. The van der Waals surface area contributed by atoms with Crippen molar-refractivity contribution in [3.63, 3.8) is 0 Å². The van der Waals surface area contributed by atoms with Crippen molar-refractivity contribution in [3.8, 4) is 0 Å². The van der Waals surface area contributed by atoms with E-state index in [1.165, 1.54) is 11.1 Å². The number of pyridine rings is 1. The molecule has 0 bridgehead atoms. The summed E-state index contributed by atoms with van der Waals surface area (Å²) in [6.07, 6.45) is 3.78. The predicted octanol–water partition coefficient (Wildman–Crippen LogP) is 3.87. The molecule has 0 saturated heterocycles. The van der Waals surface area contributed by atoms with Crippen molar-refractivity contribution in [3.05, 3.63) is 47.8 Å². The summed E-state index contributed by atoms with van der Waals surface area (Å²) in [7, 11) is 0. The van der Waals surface area contributed by atoms with Gasteiger partial charge in [-0.15, -0.1) is 11.3 Å². The maximum absolute atomic E-state index is 5.78. The number of hydrogen-bond donors (Lipinski definition) is 1. The van der Waals surface area contributed by atoms with Crippen molar-refractivity contribution < 1.29 is 0 Å². The zero-order chi connectivity index (χ0) is 13.2. The van der Waals surface area contributed by atoms with Crippen molar-refractivity contribution >= 4 is 39.0 Å². The molecule has 2 heterocycles. The Morgan fingerprint density at radius 3 is 3.00 bits per heavy atom. The predicted molar refractivity (Wildman–Crippen MR) is 82.6 cm³/mol. The van der Waals surface area contributed by atoms with Gasteiger partial charge in [0.2, 0.25) is 0 Å². The molecule has 0 aliphatic carbocycles. The topological polar surface area (TPSA) is 51.8 Å². The van der Waals surface area contributed by atoms with E-state index in [-0.39, 0.29) is 0 Å². The largest absolute Gasteiger partial charge is 0.399 e. The number of benzene rings is 1. The highest BCUT2D eigenvalue weighted by Gasteiger charge is 2.05. The fourth-order valence-electron chi connectivity index (χ4n) is 1.82. The molecule has 0 saturated carbocycles. The van der Waals surface area contributed by atoms with Crippen LogP contribution in [-0.2, 0) is 5.75 Å². The molecule has 3 nitrogen and oxygen atoms in total. The number of anilines is 1. The lowest BCUT2D eigenvalue weighted by Gasteiger charge is -1.99. The Bertz CT molecular complexity index is 722. The van der Waals surface area contributed by atoms with Gasteiger partial charge in [-0.05, 0) is 36.2 Å². The highest BCUT2D eigenvalue weighted by Crippen LogP contribution is 2.32. The Morgan fingerprint density at radius 1 is 1.26 bits per heavy atom. The lowest BCUT2D eigenvalue weighted by Crippen LogP contribution is -1.84. The third-order valence-corrected chi connectivity index (χ3v) is 4.92. The van der Waals surface area contributed by atoms with Gasteiger partial charge in [-0.2, -0.15) is 0 Å². The smallest absolute Gasteiger partial charge is 0.151 e. The lowest BCUT2D eigenvalue weighted by atomic mass is 10.2. The van der Waals surface area contributed by atoms with Gasteiger partial charge in [0.25, 0.3) is 0 Å². The van der Waals surface area contributed by atoms with Crippen LogP contribution >= 0.6 is 23.1 Å². The average Bonchev–Trinajstić information content (AvgIpc) is 2.78. The number of nitrogens with two attached hydrogens (primary N) is 1. The Labute approximate surface area is 119 Å². The molecule has 0 aliphatic heterocycles. The minimum Gasteiger partial charge on any atom is -0.399 e. The Morgan fingerprint density at radius 2 is 2.16 bits per heavy atom. The maximum atomic E-state index is 5.78. The van der Waals surface area contributed by atoms with Gasteiger partial charge < -0.3 is 5.73 Å². The second-order valence-corrected chi connectivity index (χ2v) is 6.62. The van der Waals surface area contributed by atoms with Crippen molar-refractivity contribution in [2.45, 2.75) is 17.0 Å². The molecule has 0 unspecified atom stereocenters. The van der Waals surface area contributed by atoms with Crippen LogP contribution in [0, 0.1) is 6.92 Å². The van der Waals surface area contributed by atoms with E-state index >= 15 is 0 Å². The highest BCUT2D eigenvalue weighted by atomic mass is 32.2. The third kappa shape index (κ3) is 2.88. The summed E-state index contributed by atoms with van der Waals surface area (Å²) < 4.78 is 2.21. The van der Waals surface area contributed by atoms with Crippen LogP contribution in [0.3, 0.4) is 0 Å². The molecule has 0 amide bonds. The Kier molecular flexibility index (Phi) is 3.40. The minimum atomic E-state index is 0.788. The zero-order valence-electron chi connectivity index (χ0n) is 10.5. The van der Waals surface area contributed by atoms with Crippen LogP contribution < -0.4 is 5.73 Å². The summed E-state index contributed by atoms with van der Waals surface area (Å²) in [6.45, 7) is 2.06. The van der Waals surface area contributed by atoms with Crippen molar-refractivity contribution in [1.82, 2.24) is 9.97 Å². The van der Waals surface area contributed by atoms with Crippen LogP contribution in [0.5, 0.6) is 0 Å². The Balaban J connectivity index is 1.78. The molecule has 19 heavy (non-hydrogen) atoms. The number of nitrogen functional groups attached to an aromatic ring is 1. The van der Waals surface area contributed by atoms with Crippen molar-refractivity contribution in [1.29, 1.82) is 0 Å². The summed E-state index contributed by atoms with van der Waals surface area (Å²) >= 11 is 3.43. The first-order chi connectivity index (χ1) is 9.20. The van der Waals surface area contributed by atoms with Crippen LogP contribution in [0.15, 0.2) is 41.0 Å². The number of hydrogen-bond acceptors (Lipinski definition) is 5. The van der Waals surface area contributed by atoms with Crippen LogP contribution in [-0.4, -0.2) is 9.97 Å². The van der Waals surface area contributed by atoms with Gasteiger partial charge in [-0.25, -0.2) is 4.98 Å². The molecular formula is C14H13N3S2. The number of fused-ring (bicyclic) bond motifs is 1.